The van der Waals surface area contributed by atoms with Crippen LogP contribution in [0.4, 0.5) is 0 Å². The van der Waals surface area contributed by atoms with Crippen molar-refractivity contribution in [3.63, 3.8) is 0 Å². The molecule has 0 aromatic carbocycles. The van der Waals surface area contributed by atoms with E-state index < -0.39 is 26.6 Å². The predicted octanol–water partition coefficient (Wildman–Crippen LogP) is -0.219. The molecule has 0 aromatic rings. The molecule has 2 unspecified atom stereocenters. The first kappa shape index (κ1) is 11.5. The molecule has 2 N–H and O–H groups in total. The Morgan fingerprint density at radius 2 is 2.17 bits per heavy atom. The molecule has 2 atom stereocenters. The van der Waals surface area contributed by atoms with E-state index in [1.807, 2.05) is 0 Å². The van der Waals surface area contributed by atoms with Crippen LogP contribution in [0.5, 0.6) is 0 Å². The number of nitrogens with zero attached hydrogens (tertiary/aromatic N) is 1. The third-order valence-electron chi connectivity index (χ3n) is 1.15. The third-order valence-corrected chi connectivity index (χ3v) is 2.54. The lowest BCUT2D eigenvalue weighted by molar-refractivity contribution is -0.158. The molecule has 0 radical (unpaired) electrons. The van der Waals surface area contributed by atoms with Crippen molar-refractivity contribution in [1.29, 1.82) is 0 Å². The summed E-state index contributed by atoms with van der Waals surface area (Å²) in [5.74, 6) is -1.25. The molecule has 0 aliphatic rings. The van der Waals surface area contributed by atoms with Gasteiger partial charge in [-0.25, -0.2) is 4.79 Å². The number of aliphatic hydroxyl groups is 1. The molecule has 0 fully saturated rings. The van der Waals surface area contributed by atoms with Crippen LogP contribution in [0, 0.1) is 0 Å². The molecule has 6 heteroatoms. The van der Waals surface area contributed by atoms with Gasteiger partial charge in [-0.1, -0.05) is 4.74 Å². The molecular weight excluding hydrogens is 181 g/mol. The van der Waals surface area contributed by atoms with Crippen LogP contribution < -0.4 is 4.89 Å². The number of hydrogen-bond donors (Lipinski definition) is 2. The quantitative estimate of drug-likeness (QED) is 0.603. The predicted molar refractivity (Wildman–Crippen MR) is 43.0 cm³/mol. The molecule has 0 aliphatic heterocycles. The van der Waals surface area contributed by atoms with Crippen molar-refractivity contribution < 1.29 is 19.9 Å². The highest BCUT2D eigenvalue weighted by Gasteiger charge is 2.19. The van der Waals surface area contributed by atoms with Crippen LogP contribution in [0.1, 0.15) is 13.8 Å². The first-order valence-corrected chi connectivity index (χ1v) is 4.78. The number of hydrogen-bond acceptors (Lipinski definition) is 4. The van der Waals surface area contributed by atoms with Gasteiger partial charge >= 0.3 is 5.97 Å². The highest BCUT2D eigenvalue weighted by atomic mass is 31.1. The first-order valence-electron chi connectivity index (χ1n) is 3.49. The number of aliphatic hydroxyl groups excluding tert-OH is 1. The fourth-order valence-corrected chi connectivity index (χ4v) is 1.15. The summed E-state index contributed by atoms with van der Waals surface area (Å²) in [4.78, 5) is 21.3. The van der Waals surface area contributed by atoms with Crippen LogP contribution in [0.25, 0.3) is 0 Å². The van der Waals surface area contributed by atoms with E-state index >= 15 is 0 Å². The summed E-state index contributed by atoms with van der Waals surface area (Å²) in [5, 5.41) is 16.9. The molecule has 0 saturated carbocycles. The maximum Gasteiger partial charge on any atom is 0.335 e. The number of carboxylic acid groups (broad SMARTS) is 1. The third kappa shape index (κ3) is 3.76. The maximum absolute atomic E-state index is 11.0. The molecule has 0 heterocycles. The number of aliphatic carboxylic acids is 1. The SMILES string of the molecule is CC(C)/[P+]([O-])=N/C(CO)C(=O)O. The summed E-state index contributed by atoms with van der Waals surface area (Å²) in [5.41, 5.74) is -0.187. The molecule has 0 amide bonds. The second-order valence-corrected chi connectivity index (χ2v) is 4.42. The second kappa shape index (κ2) is 5.19. The highest BCUT2D eigenvalue weighted by Crippen LogP contribution is 2.22. The Kier molecular flexibility index (Phi) is 4.97. The minimum Gasteiger partial charge on any atom is -0.612 e. The van der Waals surface area contributed by atoms with Crippen molar-refractivity contribution in [2.45, 2.75) is 25.5 Å². The van der Waals surface area contributed by atoms with Crippen molar-refractivity contribution >= 4 is 13.9 Å². The lowest BCUT2D eigenvalue weighted by atomic mass is 10.3. The zero-order valence-corrected chi connectivity index (χ0v) is 7.86. The van der Waals surface area contributed by atoms with E-state index in [9.17, 15) is 9.69 Å². The second-order valence-electron chi connectivity index (χ2n) is 2.55. The molecule has 12 heavy (non-hydrogen) atoms. The summed E-state index contributed by atoms with van der Waals surface area (Å²) in [6, 6.07) is -1.25. The van der Waals surface area contributed by atoms with E-state index in [0.717, 1.165) is 0 Å². The van der Waals surface area contributed by atoms with Gasteiger partial charge in [0, 0.05) is 0 Å². The monoisotopic (exact) mass is 193 g/mol. The Morgan fingerprint density at radius 1 is 1.67 bits per heavy atom. The average molecular weight is 193 g/mol. The summed E-state index contributed by atoms with van der Waals surface area (Å²) >= 11 is 0. The molecule has 0 saturated heterocycles. The topological polar surface area (TPSA) is 93.0 Å². The number of carbonyl (C=O) groups is 1. The van der Waals surface area contributed by atoms with Crippen LogP contribution in [-0.4, -0.2) is 34.5 Å². The molecule has 0 bridgehead atoms. The van der Waals surface area contributed by atoms with Crippen molar-refractivity contribution in [2.75, 3.05) is 6.61 Å². The maximum atomic E-state index is 11.0. The van der Waals surface area contributed by atoms with Crippen molar-refractivity contribution in [3.05, 3.63) is 0 Å². The van der Waals surface area contributed by atoms with Gasteiger partial charge in [-0.3, -0.25) is 0 Å². The van der Waals surface area contributed by atoms with E-state index in [2.05, 4.69) is 4.74 Å². The molecule has 5 nitrogen and oxygen atoms in total. The van der Waals surface area contributed by atoms with Crippen LogP contribution in [0.2, 0.25) is 0 Å². The Hall–Kier alpha value is -0.510. The largest absolute Gasteiger partial charge is 0.612 e. The Morgan fingerprint density at radius 3 is 2.42 bits per heavy atom. The average Bonchev–Trinajstić information content (AvgIpc) is 1.98. The summed E-state index contributed by atoms with van der Waals surface area (Å²) in [7, 11) is -1.88. The van der Waals surface area contributed by atoms with E-state index in [-0.39, 0.29) is 5.66 Å². The lowest BCUT2D eigenvalue weighted by Crippen LogP contribution is -2.22. The molecular formula is C6H12NO4P. The zero-order chi connectivity index (χ0) is 9.72. The fourth-order valence-electron chi connectivity index (χ4n) is 0.435. The smallest absolute Gasteiger partial charge is 0.335 e. The normalized spacial score (nSPS) is 14.9. The van der Waals surface area contributed by atoms with Gasteiger partial charge in [0.25, 0.3) is 0 Å². The molecule has 0 rings (SSSR count). The lowest BCUT2D eigenvalue weighted by Gasteiger charge is -2.03. The van der Waals surface area contributed by atoms with Gasteiger partial charge in [0.05, 0.1) is 6.61 Å². The number of carboxylic acids is 1. The molecule has 0 aromatic heterocycles. The minimum absolute atomic E-state index is 0.187. The minimum atomic E-state index is -1.88. The first-order chi connectivity index (χ1) is 5.49. The fraction of sp³-hybridized carbons (Fsp3) is 0.833. The van der Waals surface area contributed by atoms with Crippen LogP contribution >= 0.6 is 7.94 Å². The standard InChI is InChI=1S/C6H12NO4P/c1-4(2)12(11)7-5(3-8)6(9)10/h4-5,8H,3H2,1-2H3,(H,9,10). The Labute approximate surface area is 71.6 Å². The van der Waals surface area contributed by atoms with Gasteiger partial charge in [0.1, 0.15) is 5.66 Å². The van der Waals surface area contributed by atoms with E-state index in [0.29, 0.717) is 0 Å². The van der Waals surface area contributed by atoms with E-state index in [1.54, 1.807) is 13.8 Å². The van der Waals surface area contributed by atoms with Gasteiger partial charge in [-0.2, -0.15) is 0 Å². The van der Waals surface area contributed by atoms with Crippen molar-refractivity contribution in [3.8, 4) is 0 Å². The van der Waals surface area contributed by atoms with Gasteiger partial charge in [-0.05, 0) is 13.8 Å². The highest BCUT2D eigenvalue weighted by molar-refractivity contribution is 7.40. The van der Waals surface area contributed by atoms with Gasteiger partial charge in [-0.15, -0.1) is 0 Å². The molecule has 0 aliphatic carbocycles. The molecule has 0 spiro atoms. The van der Waals surface area contributed by atoms with Gasteiger partial charge < -0.3 is 15.1 Å². The Bertz CT molecular complexity index is 192. The van der Waals surface area contributed by atoms with Gasteiger partial charge in [0.15, 0.2) is 7.94 Å². The number of rotatable bonds is 4. The zero-order valence-electron chi connectivity index (χ0n) is 6.97. The summed E-state index contributed by atoms with van der Waals surface area (Å²) in [6.45, 7) is 2.75. The van der Waals surface area contributed by atoms with Crippen LogP contribution in [0.3, 0.4) is 0 Å². The van der Waals surface area contributed by atoms with Crippen LogP contribution in [-0.2, 0) is 4.79 Å². The summed E-state index contributed by atoms with van der Waals surface area (Å²) < 4.78 is 3.45. The summed E-state index contributed by atoms with van der Waals surface area (Å²) in [6.07, 6.45) is 0. The van der Waals surface area contributed by atoms with Crippen molar-refractivity contribution in [1.82, 2.24) is 0 Å². The van der Waals surface area contributed by atoms with Crippen LogP contribution in [0.15, 0.2) is 4.74 Å². The van der Waals surface area contributed by atoms with Crippen molar-refractivity contribution in [2.24, 2.45) is 4.74 Å². The van der Waals surface area contributed by atoms with Gasteiger partial charge in [0.2, 0.25) is 6.04 Å². The van der Waals surface area contributed by atoms with E-state index in [1.165, 1.54) is 0 Å². The molecule has 70 valence electrons. The van der Waals surface area contributed by atoms with E-state index in [4.69, 9.17) is 10.2 Å². The Balaban J connectivity index is 4.36.